The molecule has 3 aromatic carbocycles. The first kappa shape index (κ1) is 23.5. The van der Waals surface area contributed by atoms with Crippen molar-refractivity contribution < 1.29 is 19.1 Å². The van der Waals surface area contributed by atoms with Crippen LogP contribution in [0.3, 0.4) is 0 Å². The minimum atomic E-state index is -1.03. The van der Waals surface area contributed by atoms with Gasteiger partial charge in [-0.3, -0.25) is 14.4 Å². The number of nitrogens with one attached hydrogen (secondary N) is 1. The standard InChI is InChI=1S/C27H24N2O4S/c1-16(2)27(3,15-28)29-23(30)13-33-24(31)14-34-22-12-11-18-17-7-4-5-8-19(17)26(32)21-10-6-9-20(22)25(18)21/h4-12,16H,13-14H2,1-3H3,(H,29,30). The molecule has 1 amide bonds. The maximum Gasteiger partial charge on any atom is 0.316 e. The van der Waals surface area contributed by atoms with Gasteiger partial charge in [-0.05, 0) is 35.4 Å². The van der Waals surface area contributed by atoms with Gasteiger partial charge in [0.2, 0.25) is 0 Å². The highest BCUT2D eigenvalue weighted by Gasteiger charge is 2.30. The number of hydrogen-bond donors (Lipinski definition) is 1. The zero-order chi connectivity index (χ0) is 24.5. The van der Waals surface area contributed by atoms with Crippen LogP contribution in [-0.2, 0) is 14.3 Å². The number of amides is 1. The molecule has 0 radical (unpaired) electrons. The summed E-state index contributed by atoms with van der Waals surface area (Å²) in [5.41, 5.74) is 2.21. The van der Waals surface area contributed by atoms with Gasteiger partial charge in [0.25, 0.3) is 5.91 Å². The van der Waals surface area contributed by atoms with Crippen LogP contribution in [0.4, 0.5) is 0 Å². The van der Waals surface area contributed by atoms with Crippen LogP contribution in [0.1, 0.15) is 36.7 Å². The summed E-state index contributed by atoms with van der Waals surface area (Å²) in [5.74, 6) is -1.15. The second-order valence-electron chi connectivity index (χ2n) is 8.68. The summed E-state index contributed by atoms with van der Waals surface area (Å²) in [4.78, 5) is 38.3. The lowest BCUT2D eigenvalue weighted by molar-refractivity contribution is -0.146. The Bertz CT molecular complexity index is 1360. The normalized spacial score (nSPS) is 13.7. The number of benzene rings is 3. The molecular weight excluding hydrogens is 448 g/mol. The molecule has 1 atom stereocenters. The Hall–Kier alpha value is -3.63. The van der Waals surface area contributed by atoms with E-state index in [1.165, 1.54) is 11.8 Å². The van der Waals surface area contributed by atoms with Crippen LogP contribution in [0, 0.1) is 17.2 Å². The number of esters is 1. The molecule has 1 N–H and O–H groups in total. The molecule has 6 nitrogen and oxygen atoms in total. The summed E-state index contributed by atoms with van der Waals surface area (Å²) >= 11 is 1.30. The third-order valence-electron chi connectivity index (χ3n) is 6.20. The fourth-order valence-corrected chi connectivity index (χ4v) is 4.78. The topological polar surface area (TPSA) is 96.3 Å². The second-order valence-corrected chi connectivity index (χ2v) is 9.70. The summed E-state index contributed by atoms with van der Waals surface area (Å²) in [6.45, 7) is 4.85. The summed E-state index contributed by atoms with van der Waals surface area (Å²) in [6.07, 6.45) is 0. The van der Waals surface area contributed by atoms with Crippen molar-refractivity contribution in [2.45, 2.75) is 31.2 Å². The number of carbonyl (C=O) groups is 3. The minimum Gasteiger partial charge on any atom is -0.455 e. The summed E-state index contributed by atoms with van der Waals surface area (Å²) in [6, 6.07) is 19.2. The first-order valence-electron chi connectivity index (χ1n) is 11.0. The lowest BCUT2D eigenvalue weighted by Gasteiger charge is -2.27. The molecular formula is C27H24N2O4S. The smallest absolute Gasteiger partial charge is 0.316 e. The number of rotatable bonds is 7. The molecule has 1 aliphatic rings. The van der Waals surface area contributed by atoms with Gasteiger partial charge in [-0.1, -0.05) is 62.4 Å². The van der Waals surface area contributed by atoms with Gasteiger partial charge in [-0.15, -0.1) is 11.8 Å². The number of hydrogen-bond acceptors (Lipinski definition) is 6. The number of fused-ring (bicyclic) bond motifs is 2. The van der Waals surface area contributed by atoms with Gasteiger partial charge in [-0.25, -0.2) is 0 Å². The van der Waals surface area contributed by atoms with Crippen molar-refractivity contribution in [3.8, 4) is 17.2 Å². The molecule has 4 rings (SSSR count). The average molecular weight is 473 g/mol. The molecule has 7 heteroatoms. The van der Waals surface area contributed by atoms with Crippen molar-refractivity contribution in [3.05, 3.63) is 65.7 Å². The molecule has 1 aliphatic carbocycles. The van der Waals surface area contributed by atoms with Crippen LogP contribution in [0.15, 0.2) is 59.5 Å². The van der Waals surface area contributed by atoms with Crippen LogP contribution in [0.25, 0.3) is 21.9 Å². The van der Waals surface area contributed by atoms with Gasteiger partial charge >= 0.3 is 5.97 Å². The number of ether oxygens (including phenoxy) is 1. The third kappa shape index (κ3) is 4.29. The van der Waals surface area contributed by atoms with E-state index in [1.807, 2.05) is 68.4 Å². The zero-order valence-electron chi connectivity index (χ0n) is 19.2. The fourth-order valence-electron chi connectivity index (χ4n) is 3.93. The first-order valence-corrected chi connectivity index (χ1v) is 11.9. The maximum absolute atomic E-state index is 13.0. The Morgan fingerprint density at radius 1 is 1.03 bits per heavy atom. The Morgan fingerprint density at radius 2 is 1.74 bits per heavy atom. The van der Waals surface area contributed by atoms with Gasteiger partial charge in [0.05, 0.1) is 11.8 Å². The zero-order valence-corrected chi connectivity index (χ0v) is 20.0. The quantitative estimate of drug-likeness (QED) is 0.308. The van der Waals surface area contributed by atoms with Crippen molar-refractivity contribution in [2.24, 2.45) is 5.92 Å². The molecule has 0 aliphatic heterocycles. The molecule has 0 saturated heterocycles. The first-order chi connectivity index (χ1) is 16.2. The van der Waals surface area contributed by atoms with Crippen molar-refractivity contribution in [3.63, 3.8) is 0 Å². The molecule has 34 heavy (non-hydrogen) atoms. The number of thioether (sulfide) groups is 1. The Balaban J connectivity index is 1.47. The minimum absolute atomic E-state index is 0.00737. The van der Waals surface area contributed by atoms with Crippen LogP contribution in [-0.4, -0.2) is 35.6 Å². The van der Waals surface area contributed by atoms with E-state index >= 15 is 0 Å². The van der Waals surface area contributed by atoms with E-state index in [-0.39, 0.29) is 17.5 Å². The highest BCUT2D eigenvalue weighted by molar-refractivity contribution is 8.00. The molecule has 0 aromatic heterocycles. The molecule has 3 aromatic rings. The van der Waals surface area contributed by atoms with Gasteiger partial charge in [0.15, 0.2) is 12.4 Å². The summed E-state index contributed by atoms with van der Waals surface area (Å²) in [7, 11) is 0. The molecule has 0 spiro atoms. The highest BCUT2D eigenvalue weighted by atomic mass is 32.2. The monoisotopic (exact) mass is 472 g/mol. The van der Waals surface area contributed by atoms with E-state index in [0.717, 1.165) is 26.8 Å². The van der Waals surface area contributed by atoms with E-state index in [0.29, 0.717) is 11.1 Å². The number of carbonyl (C=O) groups excluding carboxylic acids is 3. The predicted molar refractivity (Wildman–Crippen MR) is 131 cm³/mol. The average Bonchev–Trinajstić information content (AvgIpc) is 2.84. The molecule has 0 fully saturated rings. The van der Waals surface area contributed by atoms with E-state index in [1.54, 1.807) is 6.92 Å². The number of nitrogens with zero attached hydrogens (tertiary/aromatic N) is 1. The van der Waals surface area contributed by atoms with E-state index in [9.17, 15) is 19.6 Å². The molecule has 0 heterocycles. The van der Waals surface area contributed by atoms with E-state index in [4.69, 9.17) is 4.74 Å². The Labute approximate surface area is 202 Å². The lowest BCUT2D eigenvalue weighted by atomic mass is 9.83. The highest BCUT2D eigenvalue weighted by Crippen LogP contribution is 2.42. The van der Waals surface area contributed by atoms with Crippen molar-refractivity contribution in [1.82, 2.24) is 5.32 Å². The number of nitriles is 1. The molecule has 172 valence electrons. The van der Waals surface area contributed by atoms with E-state index in [2.05, 4.69) is 11.4 Å². The second kappa shape index (κ2) is 9.32. The van der Waals surface area contributed by atoms with Gasteiger partial charge in [-0.2, -0.15) is 5.26 Å². The predicted octanol–water partition coefficient (Wildman–Crippen LogP) is 4.74. The van der Waals surface area contributed by atoms with Gasteiger partial charge < -0.3 is 10.1 Å². The number of ketones is 1. The third-order valence-corrected chi connectivity index (χ3v) is 7.25. The van der Waals surface area contributed by atoms with Gasteiger partial charge in [0.1, 0.15) is 5.54 Å². The van der Waals surface area contributed by atoms with Crippen LogP contribution in [0.2, 0.25) is 0 Å². The molecule has 1 unspecified atom stereocenters. The summed E-state index contributed by atoms with van der Waals surface area (Å²) in [5, 5.41) is 13.7. The Kier molecular flexibility index (Phi) is 6.45. The molecule has 0 saturated carbocycles. The largest absolute Gasteiger partial charge is 0.455 e. The van der Waals surface area contributed by atoms with Crippen LogP contribution < -0.4 is 5.32 Å². The van der Waals surface area contributed by atoms with Crippen molar-refractivity contribution in [2.75, 3.05) is 12.4 Å². The lowest BCUT2D eigenvalue weighted by Crippen LogP contribution is -2.50. The van der Waals surface area contributed by atoms with Crippen LogP contribution in [0.5, 0.6) is 0 Å². The maximum atomic E-state index is 13.0. The van der Waals surface area contributed by atoms with E-state index < -0.39 is 24.0 Å². The van der Waals surface area contributed by atoms with Gasteiger partial charge in [0, 0.05) is 21.4 Å². The molecule has 0 bridgehead atoms. The Morgan fingerprint density at radius 3 is 2.44 bits per heavy atom. The SMILES string of the molecule is CC(C)C(C)(C#N)NC(=O)COC(=O)CSc1ccc2c3c(cccc13)C(=O)c1ccccc1-2. The van der Waals surface area contributed by atoms with Crippen LogP contribution >= 0.6 is 11.8 Å². The fraction of sp³-hybridized carbons (Fsp3) is 0.259. The summed E-state index contributed by atoms with van der Waals surface area (Å²) < 4.78 is 5.12. The van der Waals surface area contributed by atoms with Crippen molar-refractivity contribution >= 4 is 40.2 Å². The van der Waals surface area contributed by atoms with Crippen molar-refractivity contribution in [1.29, 1.82) is 5.26 Å².